The van der Waals surface area contributed by atoms with Gasteiger partial charge >= 0.3 is 5.97 Å². The number of H-pyrrole nitrogens is 1. The normalized spacial score (nSPS) is 17.0. The van der Waals surface area contributed by atoms with Crippen molar-refractivity contribution in [2.45, 2.75) is 162 Å². The Bertz CT molecular complexity index is 1890. The average Bonchev–Trinajstić information content (AvgIpc) is 4.02. The maximum atomic E-state index is 14.1. The standard InChI is InChI=1S/C45H77N13O11/c1-9-26(8)37(58-39(62)29(13-10-11-15-46)52-34(60)21-50-38(61)28-14-12-16-49-28)44(67)55-32(19-33(47)59)42(65)56-35(24(4)5)43(66)54-31(18-27-20-48-22-51-27)40(63)53-30(17-23(2)3)41(64)57-36(25(6)7)45(68)69/h20,22-26,28-32,35-37,49H,9-19,21,46H2,1-8H3,(H2,47,59)(H,48,51)(H,50,61)(H,52,60)(H,53,63)(H,54,66)(H,55,67)(H,56,65)(H,57,64)(H,58,62)(H,68,69). The van der Waals surface area contributed by atoms with Crippen molar-refractivity contribution >= 4 is 59.1 Å². The number of hydrogen-bond acceptors (Lipinski definition) is 13. The van der Waals surface area contributed by atoms with E-state index in [0.717, 1.165) is 6.42 Å². The van der Waals surface area contributed by atoms with E-state index in [1.54, 1.807) is 41.5 Å². The minimum Gasteiger partial charge on any atom is -0.480 e. The van der Waals surface area contributed by atoms with E-state index in [-0.39, 0.29) is 31.1 Å². The number of carboxylic acids is 1. The maximum Gasteiger partial charge on any atom is 0.326 e. The van der Waals surface area contributed by atoms with Crippen molar-refractivity contribution in [2.75, 3.05) is 19.6 Å². The summed E-state index contributed by atoms with van der Waals surface area (Å²) in [5, 5.41) is 33.5. The Kier molecular flexibility index (Phi) is 25.3. The van der Waals surface area contributed by atoms with Crippen LogP contribution < -0.4 is 59.3 Å². The molecule has 69 heavy (non-hydrogen) atoms. The summed E-state index contributed by atoms with van der Waals surface area (Å²) < 4.78 is 0. The molecule has 15 N–H and O–H groups in total. The molecular weight excluding hydrogens is 899 g/mol. The predicted octanol–water partition coefficient (Wildman–Crippen LogP) is -2.29. The van der Waals surface area contributed by atoms with E-state index < -0.39 is 132 Å². The van der Waals surface area contributed by atoms with Gasteiger partial charge in [-0.15, -0.1) is 0 Å². The molecule has 9 amide bonds. The Labute approximate surface area is 403 Å². The second kappa shape index (κ2) is 29.7. The number of imidazole rings is 1. The number of aliphatic carboxylic acids is 1. The smallest absolute Gasteiger partial charge is 0.326 e. The molecule has 1 aliphatic rings. The number of nitrogens with zero attached hydrogens (tertiary/aromatic N) is 1. The summed E-state index contributed by atoms with van der Waals surface area (Å²) in [7, 11) is 0. The SMILES string of the molecule is CCC(C)C(NC(=O)C(CCCCN)NC(=O)CNC(=O)C1CCCN1)C(=O)NC(CC(N)=O)C(=O)NC(C(=O)NC(Cc1cnc[nH]1)C(=O)NC(CC(C)C)C(=O)NC(C(=O)O)C(C)C)C(C)C. The molecule has 1 aromatic rings. The zero-order valence-electron chi connectivity index (χ0n) is 41.2. The Hall–Kier alpha value is -6.17. The first kappa shape index (κ1) is 59.0. The molecule has 1 aromatic heterocycles. The minimum absolute atomic E-state index is 0.122. The number of amides is 9. The molecule has 0 bridgehead atoms. The van der Waals surface area contributed by atoms with Gasteiger partial charge in [0, 0.05) is 18.3 Å². The molecule has 388 valence electrons. The first-order chi connectivity index (χ1) is 32.5. The Morgan fingerprint density at radius 2 is 1.29 bits per heavy atom. The third-order valence-electron chi connectivity index (χ3n) is 11.7. The van der Waals surface area contributed by atoms with Gasteiger partial charge in [-0.2, -0.15) is 0 Å². The maximum absolute atomic E-state index is 14.1. The van der Waals surface area contributed by atoms with Crippen molar-refractivity contribution < 1.29 is 53.1 Å². The summed E-state index contributed by atoms with van der Waals surface area (Å²) in [5.41, 5.74) is 11.6. The largest absolute Gasteiger partial charge is 0.480 e. The van der Waals surface area contributed by atoms with Crippen LogP contribution in [0.2, 0.25) is 0 Å². The van der Waals surface area contributed by atoms with Gasteiger partial charge in [-0.25, -0.2) is 9.78 Å². The van der Waals surface area contributed by atoms with E-state index >= 15 is 0 Å². The lowest BCUT2D eigenvalue weighted by atomic mass is 9.96. The minimum atomic E-state index is -1.65. The van der Waals surface area contributed by atoms with E-state index in [1.807, 2.05) is 13.8 Å². The van der Waals surface area contributed by atoms with Gasteiger partial charge in [-0.3, -0.25) is 43.2 Å². The molecule has 1 aliphatic heterocycles. The highest BCUT2D eigenvalue weighted by Gasteiger charge is 2.37. The highest BCUT2D eigenvalue weighted by atomic mass is 16.4. The molecule has 24 nitrogen and oxygen atoms in total. The van der Waals surface area contributed by atoms with Crippen molar-refractivity contribution in [1.29, 1.82) is 0 Å². The summed E-state index contributed by atoms with van der Waals surface area (Å²) in [6.07, 6.45) is 4.98. The summed E-state index contributed by atoms with van der Waals surface area (Å²) in [6, 6.07) is -9.66. The van der Waals surface area contributed by atoms with Gasteiger partial charge in [0.15, 0.2) is 0 Å². The zero-order valence-corrected chi connectivity index (χ0v) is 41.2. The highest BCUT2D eigenvalue weighted by molar-refractivity contribution is 5.99. The fourth-order valence-electron chi connectivity index (χ4n) is 7.45. The molecule has 0 saturated carbocycles. The number of aromatic nitrogens is 2. The molecule has 9 atom stereocenters. The number of carbonyl (C=O) groups is 10. The molecule has 2 heterocycles. The topological polar surface area (TPSA) is 380 Å². The van der Waals surface area contributed by atoms with Crippen molar-refractivity contribution in [2.24, 2.45) is 35.1 Å². The van der Waals surface area contributed by atoms with E-state index in [0.29, 0.717) is 44.5 Å². The molecule has 24 heteroatoms. The number of rotatable bonds is 31. The number of unbranched alkanes of at least 4 members (excludes halogenated alkanes) is 1. The third kappa shape index (κ3) is 20.5. The second-order valence-corrected chi connectivity index (χ2v) is 18.7. The van der Waals surface area contributed by atoms with Gasteiger partial charge in [-0.05, 0) is 75.3 Å². The van der Waals surface area contributed by atoms with Gasteiger partial charge in [0.05, 0.1) is 25.3 Å². The molecule has 0 radical (unpaired) electrons. The first-order valence-electron chi connectivity index (χ1n) is 23.8. The third-order valence-corrected chi connectivity index (χ3v) is 11.7. The fourth-order valence-corrected chi connectivity index (χ4v) is 7.45. The molecule has 0 spiro atoms. The monoisotopic (exact) mass is 976 g/mol. The molecule has 9 unspecified atom stereocenters. The molecule has 0 aromatic carbocycles. The van der Waals surface area contributed by atoms with Crippen molar-refractivity contribution in [1.82, 2.24) is 57.8 Å². The fraction of sp³-hybridized carbons (Fsp3) is 0.711. The Morgan fingerprint density at radius 1 is 0.725 bits per heavy atom. The number of nitrogens with one attached hydrogen (secondary N) is 10. The van der Waals surface area contributed by atoms with Crippen LogP contribution in [-0.2, 0) is 54.4 Å². The van der Waals surface area contributed by atoms with Crippen molar-refractivity contribution in [3.8, 4) is 0 Å². The number of aromatic amines is 1. The summed E-state index contributed by atoms with van der Waals surface area (Å²) >= 11 is 0. The van der Waals surface area contributed by atoms with Crippen LogP contribution in [0.1, 0.15) is 112 Å². The Morgan fingerprint density at radius 3 is 1.83 bits per heavy atom. The first-order valence-corrected chi connectivity index (χ1v) is 23.8. The van der Waals surface area contributed by atoms with E-state index in [9.17, 15) is 53.1 Å². The zero-order chi connectivity index (χ0) is 52.0. The van der Waals surface area contributed by atoms with Gasteiger partial charge < -0.3 is 69.4 Å². The van der Waals surface area contributed by atoms with Gasteiger partial charge in [-0.1, -0.05) is 61.8 Å². The van der Waals surface area contributed by atoms with Crippen LogP contribution in [0.15, 0.2) is 12.5 Å². The molecule has 1 saturated heterocycles. The summed E-state index contributed by atoms with van der Waals surface area (Å²) in [6.45, 7) is 14.1. The summed E-state index contributed by atoms with van der Waals surface area (Å²) in [4.78, 5) is 140. The predicted molar refractivity (Wildman–Crippen MR) is 253 cm³/mol. The number of carbonyl (C=O) groups excluding carboxylic acids is 9. The Balaban J connectivity index is 2.33. The highest BCUT2D eigenvalue weighted by Crippen LogP contribution is 2.14. The van der Waals surface area contributed by atoms with E-state index in [1.165, 1.54) is 12.5 Å². The van der Waals surface area contributed by atoms with Crippen LogP contribution in [0.5, 0.6) is 0 Å². The second-order valence-electron chi connectivity index (χ2n) is 18.7. The molecule has 0 aliphatic carbocycles. The van der Waals surface area contributed by atoms with Crippen LogP contribution in [0, 0.1) is 23.7 Å². The van der Waals surface area contributed by atoms with Crippen LogP contribution in [0.3, 0.4) is 0 Å². The number of carboxylic acid groups (broad SMARTS) is 1. The molecule has 1 fully saturated rings. The van der Waals surface area contributed by atoms with Crippen molar-refractivity contribution in [3.05, 3.63) is 18.2 Å². The lowest BCUT2D eigenvalue weighted by molar-refractivity contribution is -0.143. The van der Waals surface area contributed by atoms with Crippen LogP contribution in [0.4, 0.5) is 0 Å². The number of hydrogen-bond donors (Lipinski definition) is 13. The summed E-state index contributed by atoms with van der Waals surface area (Å²) in [5.74, 6) is -9.98. The van der Waals surface area contributed by atoms with Crippen molar-refractivity contribution in [3.63, 3.8) is 0 Å². The van der Waals surface area contributed by atoms with Gasteiger partial charge in [0.2, 0.25) is 53.2 Å². The van der Waals surface area contributed by atoms with E-state index in [2.05, 4.69) is 57.8 Å². The molecule has 2 rings (SSSR count). The number of primary amides is 1. The van der Waals surface area contributed by atoms with Crippen LogP contribution >= 0.6 is 0 Å². The van der Waals surface area contributed by atoms with Crippen LogP contribution in [0.25, 0.3) is 0 Å². The lowest BCUT2D eigenvalue weighted by Crippen LogP contribution is -2.62. The number of nitrogens with two attached hydrogens (primary N) is 2. The average molecular weight is 976 g/mol. The van der Waals surface area contributed by atoms with Gasteiger partial charge in [0.25, 0.3) is 0 Å². The molecular formula is C45H77N13O11. The van der Waals surface area contributed by atoms with Crippen LogP contribution in [-0.4, -0.2) is 142 Å². The van der Waals surface area contributed by atoms with Gasteiger partial charge in [0.1, 0.15) is 42.3 Å². The lowest BCUT2D eigenvalue weighted by Gasteiger charge is -2.30. The quantitative estimate of drug-likeness (QED) is 0.0349. The van der Waals surface area contributed by atoms with E-state index in [4.69, 9.17) is 11.5 Å².